The number of rotatable bonds is 10. The van der Waals surface area contributed by atoms with Crippen LogP contribution in [0.25, 0.3) is 0 Å². The first-order valence-electron chi connectivity index (χ1n) is 10.4. The minimum Gasteiger partial charge on any atom is -0.352 e. The minimum absolute atomic E-state index is 0.0433. The number of thioether (sulfide) groups is 1. The Morgan fingerprint density at radius 3 is 2.52 bits per heavy atom. The van der Waals surface area contributed by atoms with Gasteiger partial charge in [-0.05, 0) is 50.5 Å². The monoisotopic (exact) mass is 480 g/mol. The van der Waals surface area contributed by atoms with Gasteiger partial charge in [-0.1, -0.05) is 66.0 Å². The smallest absolute Gasteiger partial charge is 0.242 e. The lowest BCUT2D eigenvalue weighted by Crippen LogP contribution is -2.50. The van der Waals surface area contributed by atoms with Crippen LogP contribution in [0.3, 0.4) is 0 Å². The van der Waals surface area contributed by atoms with E-state index in [0.29, 0.717) is 10.0 Å². The van der Waals surface area contributed by atoms with Crippen LogP contribution in [0.5, 0.6) is 0 Å². The van der Waals surface area contributed by atoms with E-state index in [1.54, 1.807) is 30.0 Å². The summed E-state index contributed by atoms with van der Waals surface area (Å²) in [6.45, 7) is 8.01. The van der Waals surface area contributed by atoms with Crippen molar-refractivity contribution in [2.45, 2.75) is 58.5 Å². The van der Waals surface area contributed by atoms with Gasteiger partial charge in [0.25, 0.3) is 0 Å². The third kappa shape index (κ3) is 8.06. The van der Waals surface area contributed by atoms with E-state index >= 15 is 0 Å². The highest BCUT2D eigenvalue weighted by molar-refractivity contribution is 7.99. The van der Waals surface area contributed by atoms with Crippen molar-refractivity contribution in [2.24, 2.45) is 0 Å². The van der Waals surface area contributed by atoms with Gasteiger partial charge < -0.3 is 10.2 Å². The van der Waals surface area contributed by atoms with Crippen molar-refractivity contribution < 1.29 is 9.59 Å². The van der Waals surface area contributed by atoms with E-state index in [2.05, 4.69) is 30.4 Å². The third-order valence-corrected chi connectivity index (χ3v) is 6.68. The summed E-state index contributed by atoms with van der Waals surface area (Å²) in [5, 5.41) is 3.98. The van der Waals surface area contributed by atoms with Crippen LogP contribution < -0.4 is 5.32 Å². The lowest BCUT2D eigenvalue weighted by molar-refractivity contribution is -0.138. The van der Waals surface area contributed by atoms with Crippen molar-refractivity contribution in [3.63, 3.8) is 0 Å². The van der Waals surface area contributed by atoms with Gasteiger partial charge >= 0.3 is 0 Å². The lowest BCUT2D eigenvalue weighted by Gasteiger charge is -2.30. The number of hydrogen-bond donors (Lipinski definition) is 1. The molecule has 2 amide bonds. The highest BCUT2D eigenvalue weighted by Gasteiger charge is 2.27. The molecule has 2 atom stereocenters. The fourth-order valence-electron chi connectivity index (χ4n) is 3.02. The summed E-state index contributed by atoms with van der Waals surface area (Å²) in [6.07, 6.45) is 0.821. The number of nitrogens with zero attached hydrogens (tertiary/aromatic N) is 1. The zero-order valence-corrected chi connectivity index (χ0v) is 20.8. The zero-order valence-electron chi connectivity index (χ0n) is 18.5. The Morgan fingerprint density at radius 2 is 1.87 bits per heavy atom. The van der Waals surface area contributed by atoms with E-state index in [9.17, 15) is 9.59 Å². The SMILES string of the molecule is CC[C@H](C)NC(=O)[C@@H](C)N(Cc1ccc(Cl)cc1Cl)C(=O)CSCc1cccc(C)c1. The fourth-order valence-corrected chi connectivity index (χ4v) is 4.35. The van der Waals surface area contributed by atoms with Crippen molar-refractivity contribution in [1.82, 2.24) is 10.2 Å². The molecular formula is C24H30Cl2N2O2S. The van der Waals surface area contributed by atoms with E-state index in [0.717, 1.165) is 17.7 Å². The molecule has 31 heavy (non-hydrogen) atoms. The van der Waals surface area contributed by atoms with E-state index in [-0.39, 0.29) is 30.2 Å². The molecule has 0 aromatic heterocycles. The standard InChI is InChI=1S/C24H30Cl2N2O2S/c1-5-17(3)27-24(30)18(4)28(13-20-9-10-21(25)12-22(20)26)23(29)15-31-14-19-8-6-7-16(2)11-19/h6-12,17-18H,5,13-15H2,1-4H3,(H,27,30)/t17-,18+/m0/s1. The number of amides is 2. The molecule has 0 saturated carbocycles. The molecule has 1 N–H and O–H groups in total. The fraction of sp³-hybridized carbons (Fsp3) is 0.417. The quantitative estimate of drug-likeness (QED) is 0.462. The van der Waals surface area contributed by atoms with Gasteiger partial charge in [-0.25, -0.2) is 0 Å². The maximum atomic E-state index is 13.1. The van der Waals surface area contributed by atoms with Crippen LogP contribution in [0, 0.1) is 6.92 Å². The number of carbonyl (C=O) groups is 2. The predicted octanol–water partition coefficient (Wildman–Crippen LogP) is 5.87. The van der Waals surface area contributed by atoms with Gasteiger partial charge in [0.15, 0.2) is 0 Å². The third-order valence-electron chi connectivity index (χ3n) is 5.10. The van der Waals surface area contributed by atoms with E-state index in [1.807, 2.05) is 19.9 Å². The molecule has 4 nitrogen and oxygen atoms in total. The molecule has 2 aromatic rings. The highest BCUT2D eigenvalue weighted by atomic mass is 35.5. The maximum absolute atomic E-state index is 13.1. The van der Waals surface area contributed by atoms with Gasteiger partial charge in [0, 0.05) is 28.4 Å². The number of aryl methyl sites for hydroxylation is 1. The number of nitrogens with one attached hydrogen (secondary N) is 1. The van der Waals surface area contributed by atoms with E-state index in [4.69, 9.17) is 23.2 Å². The number of halogens is 2. The summed E-state index contributed by atoms with van der Waals surface area (Å²) in [7, 11) is 0. The summed E-state index contributed by atoms with van der Waals surface area (Å²) in [6, 6.07) is 12.8. The van der Waals surface area contributed by atoms with Gasteiger partial charge in [-0.2, -0.15) is 0 Å². The lowest BCUT2D eigenvalue weighted by atomic mass is 10.1. The van der Waals surface area contributed by atoms with Crippen LogP contribution in [-0.4, -0.2) is 34.6 Å². The van der Waals surface area contributed by atoms with Gasteiger partial charge in [0.05, 0.1) is 5.75 Å². The van der Waals surface area contributed by atoms with Crippen molar-refractivity contribution >= 4 is 46.8 Å². The molecule has 7 heteroatoms. The van der Waals surface area contributed by atoms with Crippen LogP contribution in [0.1, 0.15) is 43.9 Å². The molecule has 0 bridgehead atoms. The summed E-state index contributed by atoms with van der Waals surface area (Å²) < 4.78 is 0. The van der Waals surface area contributed by atoms with Crippen LogP contribution in [-0.2, 0) is 21.9 Å². The largest absolute Gasteiger partial charge is 0.352 e. The van der Waals surface area contributed by atoms with Crippen LogP contribution in [0.4, 0.5) is 0 Å². The first kappa shape index (κ1) is 25.6. The zero-order chi connectivity index (χ0) is 23.0. The van der Waals surface area contributed by atoms with Gasteiger partial charge in [0.1, 0.15) is 6.04 Å². The Bertz CT molecular complexity index is 907. The van der Waals surface area contributed by atoms with Gasteiger partial charge in [-0.3, -0.25) is 9.59 Å². The molecule has 0 fully saturated rings. The number of benzene rings is 2. The maximum Gasteiger partial charge on any atom is 0.242 e. The normalized spacial score (nSPS) is 12.8. The Kier molecular flexibility index (Phi) is 10.2. The molecule has 0 saturated heterocycles. The summed E-state index contributed by atoms with van der Waals surface area (Å²) in [4.78, 5) is 27.5. The summed E-state index contributed by atoms with van der Waals surface area (Å²) >= 11 is 13.9. The van der Waals surface area contributed by atoms with Crippen LogP contribution in [0.2, 0.25) is 10.0 Å². The topological polar surface area (TPSA) is 49.4 Å². The van der Waals surface area contributed by atoms with Gasteiger partial charge in [0.2, 0.25) is 11.8 Å². The molecule has 0 aliphatic carbocycles. The van der Waals surface area contributed by atoms with Crippen LogP contribution >= 0.6 is 35.0 Å². The Hall–Kier alpha value is -1.69. The molecule has 168 valence electrons. The predicted molar refractivity (Wildman–Crippen MR) is 132 cm³/mol. The summed E-state index contributed by atoms with van der Waals surface area (Å²) in [5.74, 6) is 0.739. The molecule has 0 radical (unpaired) electrons. The second-order valence-electron chi connectivity index (χ2n) is 7.73. The Morgan fingerprint density at radius 1 is 1.13 bits per heavy atom. The van der Waals surface area contributed by atoms with Crippen molar-refractivity contribution in [3.05, 3.63) is 69.2 Å². The second kappa shape index (κ2) is 12.4. The number of hydrogen-bond acceptors (Lipinski definition) is 3. The Balaban J connectivity index is 2.12. The first-order valence-corrected chi connectivity index (χ1v) is 12.3. The molecule has 2 aromatic carbocycles. The minimum atomic E-state index is -0.618. The Labute approximate surface area is 199 Å². The molecule has 0 heterocycles. The van der Waals surface area contributed by atoms with Crippen molar-refractivity contribution in [1.29, 1.82) is 0 Å². The van der Waals surface area contributed by atoms with Crippen LogP contribution in [0.15, 0.2) is 42.5 Å². The van der Waals surface area contributed by atoms with E-state index < -0.39 is 6.04 Å². The van der Waals surface area contributed by atoms with Gasteiger partial charge in [-0.15, -0.1) is 11.8 Å². The summed E-state index contributed by atoms with van der Waals surface area (Å²) in [5.41, 5.74) is 3.12. The molecule has 0 unspecified atom stereocenters. The average molecular weight is 481 g/mol. The first-order chi connectivity index (χ1) is 14.7. The number of carbonyl (C=O) groups excluding carboxylic acids is 2. The van der Waals surface area contributed by atoms with Crippen molar-refractivity contribution in [2.75, 3.05) is 5.75 Å². The average Bonchev–Trinajstić information content (AvgIpc) is 2.72. The highest BCUT2D eigenvalue weighted by Crippen LogP contribution is 2.24. The molecule has 2 rings (SSSR count). The molecular weight excluding hydrogens is 451 g/mol. The molecule has 0 spiro atoms. The van der Waals surface area contributed by atoms with Crippen molar-refractivity contribution in [3.8, 4) is 0 Å². The van der Waals surface area contributed by atoms with E-state index in [1.165, 1.54) is 22.9 Å². The molecule has 0 aliphatic rings. The molecule has 0 aliphatic heterocycles. The second-order valence-corrected chi connectivity index (χ2v) is 9.56.